The zero-order valence-electron chi connectivity index (χ0n) is 15.3. The Morgan fingerprint density at radius 3 is 2.59 bits per heavy atom. The highest BCUT2D eigenvalue weighted by Gasteiger charge is 2.00. The average Bonchev–Trinajstić information content (AvgIpc) is 2.63. The lowest BCUT2D eigenvalue weighted by atomic mass is 10.1. The molecule has 0 saturated heterocycles. The molecule has 27 heavy (non-hydrogen) atoms. The topological polar surface area (TPSA) is 62.4 Å². The standard InChI is InChI=1S/C20H24ClN3O2S/c1-15(25)24-18-4-2-5-19(14-18)26-13-3-11-22-20(27)23-12-10-16-6-8-17(21)9-7-16/h2,4-9,14H,3,10-13H2,1H3,(H,24,25)(H2,22,23,27). The third kappa shape index (κ3) is 8.75. The Kier molecular flexibility index (Phi) is 8.87. The van der Waals surface area contributed by atoms with Gasteiger partial charge in [0, 0.05) is 36.8 Å². The van der Waals surface area contributed by atoms with Crippen molar-refractivity contribution in [2.24, 2.45) is 0 Å². The van der Waals surface area contributed by atoms with E-state index in [-0.39, 0.29) is 5.91 Å². The summed E-state index contributed by atoms with van der Waals surface area (Å²) < 4.78 is 5.69. The summed E-state index contributed by atoms with van der Waals surface area (Å²) in [5, 5.41) is 10.5. The number of carbonyl (C=O) groups excluding carboxylic acids is 1. The Hall–Kier alpha value is -2.31. The number of halogens is 1. The SMILES string of the molecule is CC(=O)Nc1cccc(OCCCNC(=S)NCCc2ccc(Cl)cc2)c1. The number of benzene rings is 2. The van der Waals surface area contributed by atoms with E-state index in [1.807, 2.05) is 42.5 Å². The number of nitrogens with one attached hydrogen (secondary N) is 3. The smallest absolute Gasteiger partial charge is 0.221 e. The van der Waals surface area contributed by atoms with Crippen molar-refractivity contribution in [3.63, 3.8) is 0 Å². The first-order valence-electron chi connectivity index (χ1n) is 8.79. The molecule has 0 fully saturated rings. The zero-order valence-corrected chi connectivity index (χ0v) is 16.8. The fourth-order valence-electron chi connectivity index (χ4n) is 2.36. The van der Waals surface area contributed by atoms with Crippen LogP contribution in [0.1, 0.15) is 18.9 Å². The van der Waals surface area contributed by atoms with Crippen molar-refractivity contribution in [2.75, 3.05) is 25.0 Å². The summed E-state index contributed by atoms with van der Waals surface area (Å²) in [6.07, 6.45) is 1.69. The van der Waals surface area contributed by atoms with Crippen molar-refractivity contribution in [3.05, 3.63) is 59.1 Å². The second kappa shape index (κ2) is 11.4. The van der Waals surface area contributed by atoms with Crippen molar-refractivity contribution in [3.8, 4) is 5.75 Å². The minimum Gasteiger partial charge on any atom is -0.493 e. The Morgan fingerprint density at radius 1 is 1.11 bits per heavy atom. The number of anilines is 1. The minimum atomic E-state index is -0.103. The molecule has 2 aromatic rings. The maximum Gasteiger partial charge on any atom is 0.221 e. The van der Waals surface area contributed by atoms with Crippen LogP contribution in [-0.4, -0.2) is 30.7 Å². The van der Waals surface area contributed by atoms with Gasteiger partial charge in [0.2, 0.25) is 5.91 Å². The molecule has 2 rings (SSSR count). The average molecular weight is 406 g/mol. The Morgan fingerprint density at radius 2 is 1.85 bits per heavy atom. The molecule has 0 aliphatic carbocycles. The summed E-state index contributed by atoms with van der Waals surface area (Å²) in [5.74, 6) is 0.623. The van der Waals surface area contributed by atoms with Crippen LogP contribution in [0.3, 0.4) is 0 Å². The maximum absolute atomic E-state index is 11.1. The zero-order chi connectivity index (χ0) is 19.5. The highest BCUT2D eigenvalue weighted by molar-refractivity contribution is 7.80. The lowest BCUT2D eigenvalue weighted by molar-refractivity contribution is -0.114. The van der Waals surface area contributed by atoms with E-state index in [1.54, 1.807) is 6.07 Å². The van der Waals surface area contributed by atoms with E-state index in [2.05, 4.69) is 16.0 Å². The Bertz CT molecular complexity index is 753. The molecule has 0 aliphatic heterocycles. The van der Waals surface area contributed by atoms with Gasteiger partial charge in [-0.25, -0.2) is 0 Å². The molecule has 144 valence electrons. The highest BCUT2D eigenvalue weighted by Crippen LogP contribution is 2.17. The quantitative estimate of drug-likeness (QED) is 0.438. The van der Waals surface area contributed by atoms with Crippen LogP contribution in [0.15, 0.2) is 48.5 Å². The van der Waals surface area contributed by atoms with Crippen LogP contribution in [0.25, 0.3) is 0 Å². The van der Waals surface area contributed by atoms with Crippen LogP contribution in [0, 0.1) is 0 Å². The lowest BCUT2D eigenvalue weighted by Gasteiger charge is -2.11. The molecular formula is C20H24ClN3O2S. The van der Waals surface area contributed by atoms with E-state index in [1.165, 1.54) is 12.5 Å². The number of ether oxygens (including phenoxy) is 1. The van der Waals surface area contributed by atoms with E-state index in [0.717, 1.165) is 42.4 Å². The van der Waals surface area contributed by atoms with Gasteiger partial charge in [0.25, 0.3) is 0 Å². The van der Waals surface area contributed by atoms with Crippen LogP contribution < -0.4 is 20.7 Å². The molecule has 0 heterocycles. The molecule has 0 unspecified atom stereocenters. The Balaban J connectivity index is 1.56. The summed E-state index contributed by atoms with van der Waals surface area (Å²) in [5.41, 5.74) is 1.94. The van der Waals surface area contributed by atoms with Crippen molar-refractivity contribution in [1.29, 1.82) is 0 Å². The third-order valence-electron chi connectivity index (χ3n) is 3.64. The fourth-order valence-corrected chi connectivity index (χ4v) is 2.70. The van der Waals surface area contributed by atoms with Gasteiger partial charge in [0.05, 0.1) is 6.61 Å². The molecule has 0 saturated carbocycles. The Labute approximate surface area is 170 Å². The number of hydrogen-bond donors (Lipinski definition) is 3. The molecule has 0 bridgehead atoms. The van der Waals surface area contributed by atoms with Gasteiger partial charge in [-0.1, -0.05) is 29.8 Å². The second-order valence-electron chi connectivity index (χ2n) is 5.97. The molecule has 0 aromatic heterocycles. The van der Waals surface area contributed by atoms with Gasteiger partial charge in [-0.3, -0.25) is 4.79 Å². The van der Waals surface area contributed by atoms with Gasteiger partial charge in [0.1, 0.15) is 5.75 Å². The molecule has 0 radical (unpaired) electrons. The van der Waals surface area contributed by atoms with Gasteiger partial charge in [-0.2, -0.15) is 0 Å². The number of thiocarbonyl (C=S) groups is 1. The van der Waals surface area contributed by atoms with Crippen LogP contribution in [0.5, 0.6) is 5.75 Å². The van der Waals surface area contributed by atoms with Gasteiger partial charge >= 0.3 is 0 Å². The van der Waals surface area contributed by atoms with Crippen molar-refractivity contribution in [1.82, 2.24) is 10.6 Å². The van der Waals surface area contributed by atoms with E-state index in [9.17, 15) is 4.79 Å². The predicted molar refractivity (Wildman–Crippen MR) is 115 cm³/mol. The van der Waals surface area contributed by atoms with E-state index in [4.69, 9.17) is 28.6 Å². The molecule has 5 nitrogen and oxygen atoms in total. The van der Waals surface area contributed by atoms with Crippen molar-refractivity contribution in [2.45, 2.75) is 19.8 Å². The van der Waals surface area contributed by atoms with Crippen LogP contribution in [-0.2, 0) is 11.2 Å². The first kappa shape index (κ1) is 21.0. The number of hydrogen-bond acceptors (Lipinski definition) is 3. The first-order chi connectivity index (χ1) is 13.0. The van der Waals surface area contributed by atoms with E-state index in [0.29, 0.717) is 11.7 Å². The molecule has 2 aromatic carbocycles. The molecule has 7 heteroatoms. The highest BCUT2D eigenvalue weighted by atomic mass is 35.5. The first-order valence-corrected chi connectivity index (χ1v) is 9.58. The molecule has 1 amide bonds. The summed E-state index contributed by atoms with van der Waals surface area (Å²) in [6, 6.07) is 15.1. The monoisotopic (exact) mass is 405 g/mol. The number of amides is 1. The fraction of sp³-hybridized carbons (Fsp3) is 0.300. The third-order valence-corrected chi connectivity index (χ3v) is 4.18. The summed E-state index contributed by atoms with van der Waals surface area (Å²) >= 11 is 11.1. The largest absolute Gasteiger partial charge is 0.493 e. The van der Waals surface area contributed by atoms with Crippen LogP contribution in [0.4, 0.5) is 5.69 Å². The number of carbonyl (C=O) groups is 1. The van der Waals surface area contributed by atoms with Crippen LogP contribution in [0.2, 0.25) is 5.02 Å². The number of rotatable bonds is 9. The molecule has 3 N–H and O–H groups in total. The van der Waals surface area contributed by atoms with Gasteiger partial charge in [-0.05, 0) is 54.9 Å². The normalized spacial score (nSPS) is 10.1. The molecule has 0 spiro atoms. The predicted octanol–water partition coefficient (Wildman–Crippen LogP) is 3.77. The van der Waals surface area contributed by atoms with Gasteiger partial charge < -0.3 is 20.7 Å². The van der Waals surface area contributed by atoms with Crippen molar-refractivity contribution < 1.29 is 9.53 Å². The van der Waals surface area contributed by atoms with Crippen LogP contribution >= 0.6 is 23.8 Å². The summed E-state index contributed by atoms with van der Waals surface area (Å²) in [7, 11) is 0. The summed E-state index contributed by atoms with van der Waals surface area (Å²) in [4.78, 5) is 11.1. The van der Waals surface area contributed by atoms with Gasteiger partial charge in [0.15, 0.2) is 5.11 Å². The van der Waals surface area contributed by atoms with E-state index < -0.39 is 0 Å². The minimum absolute atomic E-state index is 0.103. The second-order valence-corrected chi connectivity index (χ2v) is 6.81. The van der Waals surface area contributed by atoms with Crippen molar-refractivity contribution >= 4 is 40.5 Å². The molecule has 0 aliphatic rings. The lowest BCUT2D eigenvalue weighted by Crippen LogP contribution is -2.37. The van der Waals surface area contributed by atoms with E-state index >= 15 is 0 Å². The van der Waals surface area contributed by atoms with Gasteiger partial charge in [-0.15, -0.1) is 0 Å². The molecule has 0 atom stereocenters. The summed E-state index contributed by atoms with van der Waals surface area (Å²) in [6.45, 7) is 3.52. The maximum atomic E-state index is 11.1. The molecular weight excluding hydrogens is 382 g/mol.